The van der Waals surface area contributed by atoms with E-state index in [4.69, 9.17) is 5.11 Å². The fraction of sp³-hybridized carbons (Fsp3) is 0.538. The van der Waals surface area contributed by atoms with Gasteiger partial charge in [-0.3, -0.25) is 9.59 Å². The van der Waals surface area contributed by atoms with Crippen molar-refractivity contribution in [3.8, 4) is 0 Å². The van der Waals surface area contributed by atoms with Crippen molar-refractivity contribution >= 4 is 23.2 Å². The average Bonchev–Trinajstić information content (AvgIpc) is 2.71. The number of thiophene rings is 1. The highest BCUT2D eigenvalue weighted by molar-refractivity contribution is 7.14. The Bertz CT molecular complexity index is 469. The fourth-order valence-corrected chi connectivity index (χ4v) is 3.38. The van der Waals surface area contributed by atoms with Crippen molar-refractivity contribution in [2.24, 2.45) is 0 Å². The molecule has 1 aliphatic rings. The van der Waals surface area contributed by atoms with Crippen molar-refractivity contribution < 1.29 is 14.7 Å². The minimum absolute atomic E-state index is 0.0795. The zero-order valence-electron chi connectivity index (χ0n) is 10.6. The maximum atomic E-state index is 12.1. The van der Waals surface area contributed by atoms with Crippen LogP contribution >= 0.6 is 11.3 Å². The molecule has 1 aromatic heterocycles. The summed E-state index contributed by atoms with van der Waals surface area (Å²) in [5.41, 5.74) is 0.554. The van der Waals surface area contributed by atoms with Crippen molar-refractivity contribution in [3.63, 3.8) is 0 Å². The van der Waals surface area contributed by atoms with Crippen LogP contribution in [0.1, 0.15) is 46.8 Å². The summed E-state index contributed by atoms with van der Waals surface area (Å²) in [6.07, 6.45) is 3.21. The number of carboxylic acids is 1. The molecule has 1 aliphatic carbocycles. The molecule has 0 bridgehead atoms. The summed E-state index contributed by atoms with van der Waals surface area (Å²) in [5, 5.41) is 11.6. The lowest BCUT2D eigenvalue weighted by atomic mass is 10.0. The lowest BCUT2D eigenvalue weighted by Crippen LogP contribution is -2.44. The molecule has 0 radical (unpaired) electrons. The maximum absolute atomic E-state index is 12.1. The second-order valence-corrected chi connectivity index (χ2v) is 6.46. The molecule has 0 atom stereocenters. The zero-order valence-corrected chi connectivity index (χ0v) is 11.4. The summed E-state index contributed by atoms with van der Waals surface area (Å²) in [5.74, 6) is -1.07. The predicted octanol–water partition coefficient (Wildman–Crippen LogP) is 2.22. The number of fused-ring (bicyclic) bond motifs is 1. The van der Waals surface area contributed by atoms with Gasteiger partial charge in [-0.2, -0.15) is 0 Å². The van der Waals surface area contributed by atoms with E-state index in [1.54, 1.807) is 13.8 Å². The van der Waals surface area contributed by atoms with E-state index in [2.05, 4.69) is 5.32 Å². The Labute approximate surface area is 110 Å². The Morgan fingerprint density at radius 2 is 2.17 bits per heavy atom. The van der Waals surface area contributed by atoms with Crippen LogP contribution in [-0.4, -0.2) is 22.5 Å². The first-order chi connectivity index (χ1) is 8.37. The SMILES string of the molecule is CC(C)(CC(=O)O)NC(=O)c1cc2c(s1)CCC2. The standard InChI is InChI=1S/C13H17NO3S/c1-13(2,7-11(15)16)14-12(17)10-6-8-4-3-5-9(8)18-10/h6H,3-5,7H2,1-2H3,(H,14,17)(H,15,16). The maximum Gasteiger partial charge on any atom is 0.305 e. The molecule has 18 heavy (non-hydrogen) atoms. The van der Waals surface area contributed by atoms with Crippen molar-refractivity contribution in [2.75, 3.05) is 0 Å². The van der Waals surface area contributed by atoms with Gasteiger partial charge in [0.05, 0.1) is 11.3 Å². The van der Waals surface area contributed by atoms with Crippen LogP contribution in [0.25, 0.3) is 0 Å². The van der Waals surface area contributed by atoms with Gasteiger partial charge in [0.15, 0.2) is 0 Å². The molecule has 2 N–H and O–H groups in total. The summed E-state index contributed by atoms with van der Waals surface area (Å²) in [4.78, 5) is 24.7. The molecule has 1 amide bonds. The molecule has 0 spiro atoms. The first-order valence-corrected chi connectivity index (χ1v) is 6.85. The number of carboxylic acid groups (broad SMARTS) is 1. The molecule has 2 rings (SSSR count). The lowest BCUT2D eigenvalue weighted by molar-refractivity contribution is -0.138. The fourth-order valence-electron chi connectivity index (χ4n) is 2.23. The number of rotatable bonds is 4. The van der Waals surface area contributed by atoms with Gasteiger partial charge in [-0.25, -0.2) is 0 Å². The van der Waals surface area contributed by atoms with Crippen molar-refractivity contribution in [3.05, 3.63) is 21.4 Å². The molecular weight excluding hydrogens is 250 g/mol. The highest BCUT2D eigenvalue weighted by atomic mass is 32.1. The lowest BCUT2D eigenvalue weighted by Gasteiger charge is -2.23. The van der Waals surface area contributed by atoms with E-state index >= 15 is 0 Å². The van der Waals surface area contributed by atoms with E-state index in [0.717, 1.165) is 12.8 Å². The number of hydrogen-bond acceptors (Lipinski definition) is 3. The van der Waals surface area contributed by atoms with Crippen molar-refractivity contribution in [2.45, 2.75) is 45.1 Å². The third-order valence-corrected chi connectivity index (χ3v) is 4.25. The zero-order chi connectivity index (χ0) is 13.3. The van der Waals surface area contributed by atoms with Gasteiger partial charge in [-0.05, 0) is 44.7 Å². The molecule has 0 saturated heterocycles. The Balaban J connectivity index is 2.05. The Kier molecular flexibility index (Phi) is 3.43. The van der Waals surface area contributed by atoms with Gasteiger partial charge < -0.3 is 10.4 Å². The second kappa shape index (κ2) is 4.72. The first kappa shape index (κ1) is 13.1. The molecule has 1 aromatic rings. The number of amides is 1. The van der Waals surface area contributed by atoms with Crippen LogP contribution in [0.3, 0.4) is 0 Å². The van der Waals surface area contributed by atoms with Gasteiger partial charge in [0.1, 0.15) is 0 Å². The quantitative estimate of drug-likeness (QED) is 0.879. The largest absolute Gasteiger partial charge is 0.481 e. The van der Waals surface area contributed by atoms with Crippen LogP contribution in [0.15, 0.2) is 6.07 Å². The van der Waals surface area contributed by atoms with Crippen LogP contribution in [0.5, 0.6) is 0 Å². The number of aryl methyl sites for hydroxylation is 2. The van der Waals surface area contributed by atoms with Crippen molar-refractivity contribution in [1.29, 1.82) is 0 Å². The van der Waals surface area contributed by atoms with Gasteiger partial charge in [0, 0.05) is 10.4 Å². The summed E-state index contributed by atoms with van der Waals surface area (Å²) >= 11 is 1.53. The monoisotopic (exact) mass is 267 g/mol. The van der Waals surface area contributed by atoms with E-state index in [1.165, 1.54) is 28.2 Å². The van der Waals surface area contributed by atoms with Crippen LogP contribution in [0, 0.1) is 0 Å². The van der Waals surface area contributed by atoms with Crippen molar-refractivity contribution in [1.82, 2.24) is 5.32 Å². The molecule has 0 unspecified atom stereocenters. The number of nitrogens with one attached hydrogen (secondary N) is 1. The van der Waals surface area contributed by atoms with E-state index in [1.807, 2.05) is 6.07 Å². The smallest absolute Gasteiger partial charge is 0.305 e. The summed E-state index contributed by atoms with van der Waals surface area (Å²) in [7, 11) is 0. The van der Waals surface area contributed by atoms with E-state index in [9.17, 15) is 9.59 Å². The summed E-state index contributed by atoms with van der Waals surface area (Å²) in [6.45, 7) is 3.45. The molecular formula is C13H17NO3S. The Hall–Kier alpha value is -1.36. The first-order valence-electron chi connectivity index (χ1n) is 6.03. The van der Waals surface area contributed by atoms with Crippen LogP contribution in [0.2, 0.25) is 0 Å². The highest BCUT2D eigenvalue weighted by Gasteiger charge is 2.26. The number of hydrogen-bond donors (Lipinski definition) is 2. The van der Waals surface area contributed by atoms with Crippen LogP contribution < -0.4 is 5.32 Å². The second-order valence-electron chi connectivity index (χ2n) is 5.32. The van der Waals surface area contributed by atoms with Gasteiger partial charge >= 0.3 is 5.97 Å². The molecule has 0 aliphatic heterocycles. The van der Waals surface area contributed by atoms with E-state index in [0.29, 0.717) is 4.88 Å². The van der Waals surface area contributed by atoms with Gasteiger partial charge in [-0.15, -0.1) is 11.3 Å². The Morgan fingerprint density at radius 3 is 2.78 bits per heavy atom. The topological polar surface area (TPSA) is 66.4 Å². The highest BCUT2D eigenvalue weighted by Crippen LogP contribution is 2.30. The van der Waals surface area contributed by atoms with Gasteiger partial charge in [-0.1, -0.05) is 0 Å². The molecule has 98 valence electrons. The average molecular weight is 267 g/mol. The van der Waals surface area contributed by atoms with Crippen LogP contribution in [0.4, 0.5) is 0 Å². The third kappa shape index (κ3) is 2.90. The minimum Gasteiger partial charge on any atom is -0.481 e. The third-order valence-electron chi connectivity index (χ3n) is 3.02. The molecule has 0 saturated carbocycles. The summed E-state index contributed by atoms with van der Waals surface area (Å²) < 4.78 is 0. The predicted molar refractivity (Wildman–Crippen MR) is 70.1 cm³/mol. The van der Waals surface area contributed by atoms with Gasteiger partial charge in [0.25, 0.3) is 5.91 Å². The number of carbonyl (C=O) groups is 2. The normalized spacial score (nSPS) is 14.3. The van der Waals surface area contributed by atoms with Crippen LogP contribution in [-0.2, 0) is 17.6 Å². The molecule has 0 fully saturated rings. The molecule has 5 heteroatoms. The van der Waals surface area contributed by atoms with E-state index < -0.39 is 11.5 Å². The minimum atomic E-state index is -0.908. The summed E-state index contributed by atoms with van der Waals surface area (Å²) in [6, 6.07) is 1.94. The molecule has 0 aromatic carbocycles. The number of aliphatic carboxylic acids is 1. The number of carbonyl (C=O) groups excluding carboxylic acids is 1. The van der Waals surface area contributed by atoms with Gasteiger partial charge in [0.2, 0.25) is 0 Å². The Morgan fingerprint density at radius 1 is 1.44 bits per heavy atom. The molecule has 4 nitrogen and oxygen atoms in total. The molecule has 1 heterocycles. The van der Waals surface area contributed by atoms with E-state index in [-0.39, 0.29) is 12.3 Å².